The Bertz CT molecular complexity index is 1010. The van der Waals surface area contributed by atoms with Crippen molar-refractivity contribution in [2.75, 3.05) is 0 Å². The average molecular weight is 321 g/mol. The highest BCUT2D eigenvalue weighted by molar-refractivity contribution is 6.05. The van der Waals surface area contributed by atoms with Gasteiger partial charge < -0.3 is 5.32 Å². The van der Waals surface area contributed by atoms with Crippen LogP contribution in [0, 0.1) is 6.92 Å². The zero-order valence-corrected chi connectivity index (χ0v) is 13.7. The largest absolute Gasteiger partial charge is 0.347 e. The number of nitrogens with zero attached hydrogens (tertiary/aromatic N) is 1. The monoisotopic (exact) mass is 321 g/mol. The van der Waals surface area contributed by atoms with Gasteiger partial charge in [0.25, 0.3) is 11.5 Å². The SMILES string of the molecule is CC[C@H]1Cn2[nH]c(=O)c(C)c2-c2cc3ccccc3cc2C(=O)N1. The molecule has 0 aliphatic carbocycles. The fourth-order valence-electron chi connectivity index (χ4n) is 3.44. The lowest BCUT2D eigenvalue weighted by Crippen LogP contribution is -2.39. The van der Waals surface area contributed by atoms with Crippen molar-refractivity contribution in [2.45, 2.75) is 32.9 Å². The third kappa shape index (κ3) is 2.16. The Morgan fingerprint density at radius 2 is 1.79 bits per heavy atom. The first-order valence-corrected chi connectivity index (χ1v) is 8.22. The number of carbonyl (C=O) groups excluding carboxylic acids is 1. The second kappa shape index (κ2) is 5.37. The summed E-state index contributed by atoms with van der Waals surface area (Å²) in [5.41, 5.74) is 2.78. The van der Waals surface area contributed by atoms with Gasteiger partial charge in [0, 0.05) is 22.7 Å². The number of hydrogen-bond donors (Lipinski definition) is 2. The molecule has 1 aliphatic heterocycles. The maximum Gasteiger partial charge on any atom is 0.267 e. The van der Waals surface area contributed by atoms with Gasteiger partial charge in [0.1, 0.15) is 0 Å². The summed E-state index contributed by atoms with van der Waals surface area (Å²) >= 11 is 0. The lowest BCUT2D eigenvalue weighted by molar-refractivity contribution is 0.0930. The van der Waals surface area contributed by atoms with Crippen molar-refractivity contribution in [3.8, 4) is 11.3 Å². The highest BCUT2D eigenvalue weighted by Crippen LogP contribution is 2.31. The molecule has 5 heteroatoms. The van der Waals surface area contributed by atoms with E-state index in [9.17, 15) is 9.59 Å². The fraction of sp³-hybridized carbons (Fsp3) is 0.263. The molecule has 4 rings (SSSR count). The molecule has 0 bridgehead atoms. The van der Waals surface area contributed by atoms with Crippen LogP contribution >= 0.6 is 0 Å². The molecule has 24 heavy (non-hydrogen) atoms. The van der Waals surface area contributed by atoms with Crippen molar-refractivity contribution in [3.63, 3.8) is 0 Å². The van der Waals surface area contributed by atoms with Gasteiger partial charge in [0.15, 0.2) is 0 Å². The third-order valence-corrected chi connectivity index (χ3v) is 4.82. The summed E-state index contributed by atoms with van der Waals surface area (Å²) in [6.45, 7) is 4.40. The van der Waals surface area contributed by atoms with E-state index in [1.807, 2.05) is 54.9 Å². The van der Waals surface area contributed by atoms with Gasteiger partial charge in [-0.15, -0.1) is 0 Å². The number of aromatic amines is 1. The molecule has 0 fully saturated rings. The van der Waals surface area contributed by atoms with Crippen LogP contribution in [0.4, 0.5) is 0 Å². The zero-order chi connectivity index (χ0) is 16.8. The van der Waals surface area contributed by atoms with Gasteiger partial charge in [0.2, 0.25) is 0 Å². The summed E-state index contributed by atoms with van der Waals surface area (Å²) in [6, 6.07) is 11.9. The Morgan fingerprint density at radius 3 is 2.46 bits per heavy atom. The first-order valence-electron chi connectivity index (χ1n) is 8.22. The van der Waals surface area contributed by atoms with E-state index in [0.29, 0.717) is 17.7 Å². The van der Waals surface area contributed by atoms with Crippen molar-refractivity contribution in [2.24, 2.45) is 0 Å². The molecule has 0 radical (unpaired) electrons. The molecule has 2 heterocycles. The normalized spacial score (nSPS) is 16.9. The lowest BCUT2D eigenvalue weighted by atomic mass is 9.95. The van der Waals surface area contributed by atoms with Crippen molar-refractivity contribution in [1.82, 2.24) is 15.1 Å². The van der Waals surface area contributed by atoms with Crippen molar-refractivity contribution in [1.29, 1.82) is 0 Å². The predicted octanol–water partition coefficient (Wildman–Crippen LogP) is 2.83. The number of carbonyl (C=O) groups is 1. The number of aromatic nitrogens is 2. The average Bonchev–Trinajstić information content (AvgIpc) is 2.85. The molecule has 1 aromatic heterocycles. The maximum absolute atomic E-state index is 12.8. The van der Waals surface area contributed by atoms with Crippen molar-refractivity contribution >= 4 is 16.7 Å². The minimum absolute atomic E-state index is 0.0154. The Kier molecular flexibility index (Phi) is 3.30. The number of H-pyrrole nitrogens is 1. The van der Waals surface area contributed by atoms with Gasteiger partial charge in [-0.3, -0.25) is 19.4 Å². The molecule has 0 saturated carbocycles. The van der Waals surface area contributed by atoms with E-state index in [0.717, 1.165) is 28.5 Å². The molecule has 3 aromatic rings. The maximum atomic E-state index is 12.8. The van der Waals surface area contributed by atoms with Gasteiger partial charge in [-0.1, -0.05) is 31.2 Å². The number of rotatable bonds is 1. The fourth-order valence-corrected chi connectivity index (χ4v) is 3.44. The summed E-state index contributed by atoms with van der Waals surface area (Å²) in [7, 11) is 0. The van der Waals surface area contributed by atoms with Gasteiger partial charge in [-0.05, 0) is 36.2 Å². The van der Waals surface area contributed by atoms with Gasteiger partial charge in [0.05, 0.1) is 12.2 Å². The molecular weight excluding hydrogens is 302 g/mol. The second-order valence-corrected chi connectivity index (χ2v) is 6.35. The van der Waals surface area contributed by atoms with E-state index in [1.165, 1.54) is 0 Å². The standard InChI is InChI=1S/C19H19N3O2/c1-3-14-10-22-17(11(2)18(23)21-22)15-8-12-6-4-5-7-13(12)9-16(15)19(24)20-14/h4-9,14H,3,10H2,1-2H3,(H,20,24)(H,21,23)/t14-/m0/s1. The van der Waals surface area contributed by atoms with Crippen molar-refractivity contribution < 1.29 is 4.79 Å². The molecule has 0 saturated heterocycles. The van der Waals surface area contributed by atoms with Crippen LogP contribution in [0.1, 0.15) is 29.3 Å². The Hall–Kier alpha value is -2.82. The zero-order valence-electron chi connectivity index (χ0n) is 13.7. The third-order valence-electron chi connectivity index (χ3n) is 4.82. The summed E-state index contributed by atoms with van der Waals surface area (Å²) in [4.78, 5) is 25.0. The molecule has 5 nitrogen and oxygen atoms in total. The smallest absolute Gasteiger partial charge is 0.267 e. The van der Waals surface area contributed by atoms with Crippen LogP contribution in [-0.4, -0.2) is 21.7 Å². The van der Waals surface area contributed by atoms with E-state index in [4.69, 9.17) is 0 Å². The topological polar surface area (TPSA) is 66.9 Å². The van der Waals surface area contributed by atoms with Crippen LogP contribution in [0.5, 0.6) is 0 Å². The first-order chi connectivity index (χ1) is 11.6. The Morgan fingerprint density at radius 1 is 1.12 bits per heavy atom. The summed E-state index contributed by atoms with van der Waals surface area (Å²) in [6.07, 6.45) is 0.799. The minimum atomic E-state index is -0.103. The van der Waals surface area contributed by atoms with Crippen LogP contribution in [0.15, 0.2) is 41.2 Å². The highest BCUT2D eigenvalue weighted by atomic mass is 16.2. The van der Waals surface area contributed by atoms with E-state index in [1.54, 1.807) is 0 Å². The molecule has 1 amide bonds. The molecule has 122 valence electrons. The van der Waals surface area contributed by atoms with Crippen molar-refractivity contribution in [3.05, 3.63) is 57.9 Å². The number of fused-ring (bicyclic) bond motifs is 4. The number of nitrogens with one attached hydrogen (secondary N) is 2. The molecule has 2 N–H and O–H groups in total. The molecule has 0 spiro atoms. The van der Waals surface area contributed by atoms with E-state index < -0.39 is 0 Å². The van der Waals surface area contributed by atoms with Crippen LogP contribution < -0.4 is 10.9 Å². The lowest BCUT2D eigenvalue weighted by Gasteiger charge is -2.24. The van der Waals surface area contributed by atoms with E-state index >= 15 is 0 Å². The second-order valence-electron chi connectivity index (χ2n) is 6.35. The first kappa shape index (κ1) is 14.8. The molecule has 1 atom stereocenters. The van der Waals surface area contributed by atoms with Gasteiger partial charge in [-0.2, -0.15) is 0 Å². The summed E-state index contributed by atoms with van der Waals surface area (Å²) < 4.78 is 1.87. The molecular formula is C19H19N3O2. The summed E-state index contributed by atoms with van der Waals surface area (Å²) in [5, 5.41) is 8.06. The quantitative estimate of drug-likeness (QED) is 0.724. The Labute approximate surface area is 139 Å². The highest BCUT2D eigenvalue weighted by Gasteiger charge is 2.26. The number of amides is 1. The number of benzene rings is 2. The molecule has 2 aromatic carbocycles. The van der Waals surface area contributed by atoms with E-state index in [-0.39, 0.29) is 17.5 Å². The summed E-state index contributed by atoms with van der Waals surface area (Å²) in [5.74, 6) is -0.0816. The van der Waals surface area contributed by atoms with Crippen LogP contribution in [-0.2, 0) is 6.54 Å². The van der Waals surface area contributed by atoms with Crippen LogP contribution in [0.3, 0.4) is 0 Å². The number of hydrogen-bond acceptors (Lipinski definition) is 2. The van der Waals surface area contributed by atoms with Gasteiger partial charge in [-0.25, -0.2) is 0 Å². The van der Waals surface area contributed by atoms with Gasteiger partial charge >= 0.3 is 0 Å². The molecule has 1 aliphatic rings. The minimum Gasteiger partial charge on any atom is -0.347 e. The Balaban J connectivity index is 2.08. The molecule has 0 unspecified atom stereocenters. The van der Waals surface area contributed by atoms with Crippen LogP contribution in [0.2, 0.25) is 0 Å². The predicted molar refractivity (Wildman–Crippen MR) is 94.3 cm³/mol. The van der Waals surface area contributed by atoms with E-state index in [2.05, 4.69) is 10.4 Å². The van der Waals surface area contributed by atoms with Crippen LogP contribution in [0.25, 0.3) is 22.0 Å².